The molecule has 0 heterocycles. The predicted octanol–water partition coefficient (Wildman–Crippen LogP) is 2.14. The maximum Gasteiger partial charge on any atom is 0.0443 e. The average molecular weight is 149 g/mol. The minimum absolute atomic E-state index is 0.249. The van der Waals surface area contributed by atoms with Crippen molar-refractivity contribution in [2.45, 2.75) is 38.1 Å². The molecule has 0 saturated heterocycles. The van der Waals surface area contributed by atoms with Crippen LogP contribution in [0, 0.1) is 0 Å². The van der Waals surface area contributed by atoms with E-state index in [-0.39, 0.29) is 6.04 Å². The highest BCUT2D eigenvalue weighted by Gasteiger charge is 2.16. The second-order valence-electron chi connectivity index (χ2n) is 3.52. The van der Waals surface area contributed by atoms with E-state index < -0.39 is 0 Å². The van der Waals surface area contributed by atoms with Gasteiger partial charge in [-0.25, -0.2) is 0 Å². The maximum atomic E-state index is 5.94. The fraction of sp³-hybridized carbons (Fsp3) is 0.600. The summed E-state index contributed by atoms with van der Waals surface area (Å²) >= 11 is 0. The fourth-order valence-corrected chi connectivity index (χ4v) is 1.98. The third-order valence-corrected chi connectivity index (χ3v) is 2.69. The van der Waals surface area contributed by atoms with Crippen LogP contribution in [-0.4, -0.2) is 6.04 Å². The van der Waals surface area contributed by atoms with Gasteiger partial charge >= 0.3 is 0 Å². The van der Waals surface area contributed by atoms with E-state index in [9.17, 15) is 0 Å². The third-order valence-electron chi connectivity index (χ3n) is 2.69. The second kappa shape index (κ2) is 2.82. The molecule has 0 radical (unpaired) electrons. The van der Waals surface area contributed by atoms with Gasteiger partial charge in [0.25, 0.3) is 0 Å². The van der Waals surface area contributed by atoms with E-state index in [2.05, 4.69) is 12.2 Å². The van der Waals surface area contributed by atoms with Crippen LogP contribution in [0.2, 0.25) is 0 Å². The van der Waals surface area contributed by atoms with E-state index in [0.29, 0.717) is 0 Å². The molecule has 3 aliphatic rings. The lowest BCUT2D eigenvalue weighted by atomic mass is 9.85. The maximum absolute atomic E-state index is 5.94. The molecule has 1 unspecified atom stereocenters. The summed E-state index contributed by atoms with van der Waals surface area (Å²) < 4.78 is 0. The molecule has 1 atom stereocenters. The monoisotopic (exact) mass is 149 g/mol. The van der Waals surface area contributed by atoms with Crippen molar-refractivity contribution in [3.05, 3.63) is 23.3 Å². The lowest BCUT2D eigenvalue weighted by Gasteiger charge is -2.24. The Hall–Kier alpha value is -0.560. The standard InChI is InChI=1S/C10H15N/c11-10-7-8-3-1-2-4-9(10)6-5-8/h4,7,10H,1-3,5-6,11H2/b9-4-. The molecule has 60 valence electrons. The summed E-state index contributed by atoms with van der Waals surface area (Å²) in [5, 5.41) is 0. The quantitative estimate of drug-likeness (QED) is 0.525. The molecule has 2 bridgehead atoms. The molecular formula is C10H15N. The lowest BCUT2D eigenvalue weighted by Crippen LogP contribution is -2.24. The molecule has 0 amide bonds. The minimum Gasteiger partial charge on any atom is -0.321 e. The fourth-order valence-electron chi connectivity index (χ4n) is 1.98. The third kappa shape index (κ3) is 1.38. The SMILES string of the molecule is NC1C=C2CCC/C=C\1CC2. The van der Waals surface area contributed by atoms with E-state index in [4.69, 9.17) is 5.73 Å². The number of hydrogen-bond acceptors (Lipinski definition) is 1. The number of nitrogens with two attached hydrogens (primary N) is 1. The zero-order valence-electron chi connectivity index (χ0n) is 6.84. The summed E-state index contributed by atoms with van der Waals surface area (Å²) in [7, 11) is 0. The highest BCUT2D eigenvalue weighted by atomic mass is 14.6. The smallest absolute Gasteiger partial charge is 0.0443 e. The molecule has 0 fully saturated rings. The van der Waals surface area contributed by atoms with Gasteiger partial charge in [0.05, 0.1) is 0 Å². The van der Waals surface area contributed by atoms with Crippen molar-refractivity contribution >= 4 is 0 Å². The summed E-state index contributed by atoms with van der Waals surface area (Å²) in [4.78, 5) is 0. The largest absolute Gasteiger partial charge is 0.321 e. The average Bonchev–Trinajstić information content (AvgIpc) is 1.92. The number of fused-ring (bicyclic) bond motifs is 5. The van der Waals surface area contributed by atoms with Gasteiger partial charge in [0.2, 0.25) is 0 Å². The van der Waals surface area contributed by atoms with Gasteiger partial charge < -0.3 is 5.73 Å². The molecule has 1 heteroatoms. The molecule has 2 N–H and O–H groups in total. The molecular weight excluding hydrogens is 134 g/mol. The number of rotatable bonds is 0. The van der Waals surface area contributed by atoms with Crippen LogP contribution in [0.3, 0.4) is 0 Å². The summed E-state index contributed by atoms with van der Waals surface area (Å²) in [6, 6.07) is 0.249. The molecule has 0 aromatic heterocycles. The molecule has 0 aromatic rings. The van der Waals surface area contributed by atoms with Crippen LogP contribution in [0.5, 0.6) is 0 Å². The topological polar surface area (TPSA) is 26.0 Å². The van der Waals surface area contributed by atoms with Crippen LogP contribution in [0.4, 0.5) is 0 Å². The first-order valence-electron chi connectivity index (χ1n) is 4.50. The molecule has 0 saturated carbocycles. The predicted molar refractivity (Wildman–Crippen MR) is 47.2 cm³/mol. The number of allylic oxidation sites excluding steroid dienone is 2. The van der Waals surface area contributed by atoms with Crippen molar-refractivity contribution in [3.63, 3.8) is 0 Å². The molecule has 3 aliphatic carbocycles. The first kappa shape index (κ1) is 7.11. The van der Waals surface area contributed by atoms with Crippen LogP contribution in [-0.2, 0) is 0 Å². The molecule has 0 aliphatic heterocycles. The van der Waals surface area contributed by atoms with Crippen LogP contribution < -0.4 is 5.73 Å². The van der Waals surface area contributed by atoms with Gasteiger partial charge in [-0.05, 0) is 32.1 Å². The van der Waals surface area contributed by atoms with Crippen LogP contribution in [0.15, 0.2) is 23.3 Å². The Balaban J connectivity index is 2.28. The van der Waals surface area contributed by atoms with Gasteiger partial charge in [0, 0.05) is 6.04 Å². The van der Waals surface area contributed by atoms with Gasteiger partial charge in [0.15, 0.2) is 0 Å². The highest BCUT2D eigenvalue weighted by molar-refractivity contribution is 5.27. The van der Waals surface area contributed by atoms with Gasteiger partial charge in [0.1, 0.15) is 0 Å². The summed E-state index contributed by atoms with van der Waals surface area (Å²) in [6.07, 6.45) is 10.9. The molecule has 0 aromatic carbocycles. The summed E-state index contributed by atoms with van der Waals surface area (Å²) in [6.45, 7) is 0. The second-order valence-corrected chi connectivity index (χ2v) is 3.52. The van der Waals surface area contributed by atoms with Crippen LogP contribution in [0.1, 0.15) is 32.1 Å². The molecule has 3 rings (SSSR count). The Morgan fingerprint density at radius 3 is 3.00 bits per heavy atom. The molecule has 11 heavy (non-hydrogen) atoms. The van der Waals surface area contributed by atoms with E-state index in [1.807, 2.05) is 0 Å². The zero-order valence-corrected chi connectivity index (χ0v) is 6.84. The van der Waals surface area contributed by atoms with E-state index in [1.54, 1.807) is 5.57 Å². The van der Waals surface area contributed by atoms with Crippen molar-refractivity contribution in [2.24, 2.45) is 5.73 Å². The van der Waals surface area contributed by atoms with Crippen molar-refractivity contribution in [3.8, 4) is 0 Å². The first-order valence-corrected chi connectivity index (χ1v) is 4.50. The lowest BCUT2D eigenvalue weighted by molar-refractivity contribution is 0.677. The van der Waals surface area contributed by atoms with Crippen LogP contribution >= 0.6 is 0 Å². The Bertz CT molecular complexity index is 213. The zero-order chi connectivity index (χ0) is 7.68. The van der Waals surface area contributed by atoms with Gasteiger partial charge in [-0.3, -0.25) is 0 Å². The van der Waals surface area contributed by atoms with Gasteiger partial charge in [-0.15, -0.1) is 0 Å². The van der Waals surface area contributed by atoms with Crippen molar-refractivity contribution in [1.82, 2.24) is 0 Å². The normalized spacial score (nSPS) is 35.2. The highest BCUT2D eigenvalue weighted by Crippen LogP contribution is 2.28. The first-order chi connectivity index (χ1) is 5.36. The molecule has 0 spiro atoms. The van der Waals surface area contributed by atoms with Crippen molar-refractivity contribution in [1.29, 1.82) is 0 Å². The van der Waals surface area contributed by atoms with E-state index in [1.165, 1.54) is 37.7 Å². The van der Waals surface area contributed by atoms with Gasteiger partial charge in [-0.2, -0.15) is 0 Å². The Morgan fingerprint density at radius 2 is 2.18 bits per heavy atom. The van der Waals surface area contributed by atoms with Gasteiger partial charge in [-0.1, -0.05) is 23.3 Å². The van der Waals surface area contributed by atoms with Crippen molar-refractivity contribution in [2.75, 3.05) is 0 Å². The Morgan fingerprint density at radius 1 is 1.27 bits per heavy atom. The minimum atomic E-state index is 0.249. The Kier molecular flexibility index (Phi) is 1.82. The summed E-state index contributed by atoms with van der Waals surface area (Å²) in [5.74, 6) is 0. The Labute approximate surface area is 68.0 Å². The van der Waals surface area contributed by atoms with E-state index in [0.717, 1.165) is 0 Å². The summed E-state index contributed by atoms with van der Waals surface area (Å²) in [5.41, 5.74) is 9.00. The molecule has 1 nitrogen and oxygen atoms in total. The van der Waals surface area contributed by atoms with Crippen molar-refractivity contribution < 1.29 is 0 Å². The number of hydrogen-bond donors (Lipinski definition) is 1. The van der Waals surface area contributed by atoms with E-state index >= 15 is 0 Å². The van der Waals surface area contributed by atoms with Crippen LogP contribution in [0.25, 0.3) is 0 Å².